The van der Waals surface area contributed by atoms with E-state index in [2.05, 4.69) is 0 Å². The van der Waals surface area contributed by atoms with Crippen LogP contribution in [0.5, 0.6) is 0 Å². The van der Waals surface area contributed by atoms with Gasteiger partial charge in [0, 0.05) is 11.4 Å². The number of carbonyl (C=O) groups excluding carboxylic acids is 1. The normalized spacial score (nSPS) is 27.2. The molecule has 0 bridgehead atoms. The lowest BCUT2D eigenvalue weighted by molar-refractivity contribution is -0.0321. The van der Waals surface area contributed by atoms with E-state index >= 15 is 0 Å². The van der Waals surface area contributed by atoms with Crippen molar-refractivity contribution < 1.29 is 19.4 Å². The molecular weight excluding hydrogens is 258 g/mol. The number of hydrogen-bond donors (Lipinski definition) is 2. The lowest BCUT2D eigenvalue weighted by atomic mass is 10.2. The van der Waals surface area contributed by atoms with E-state index in [0.29, 0.717) is 17.0 Å². The monoisotopic (exact) mass is 271 g/mol. The van der Waals surface area contributed by atoms with E-state index in [4.69, 9.17) is 26.8 Å². The van der Waals surface area contributed by atoms with Gasteiger partial charge in [0.1, 0.15) is 18.9 Å². The van der Waals surface area contributed by atoms with Gasteiger partial charge < -0.3 is 20.3 Å². The van der Waals surface area contributed by atoms with Gasteiger partial charge in [-0.15, -0.1) is 0 Å². The lowest BCUT2D eigenvalue weighted by Crippen LogP contribution is -2.28. The summed E-state index contributed by atoms with van der Waals surface area (Å²) in [5, 5.41) is 10.1. The summed E-state index contributed by atoms with van der Waals surface area (Å²) in [7, 11) is 0. The number of esters is 1. The maximum absolute atomic E-state index is 11.7. The zero-order chi connectivity index (χ0) is 13.1. The molecule has 6 heteroatoms. The highest BCUT2D eigenvalue weighted by molar-refractivity contribution is 6.30. The molecule has 1 aliphatic rings. The van der Waals surface area contributed by atoms with Gasteiger partial charge in [-0.1, -0.05) is 11.6 Å². The molecule has 0 radical (unpaired) electrons. The van der Waals surface area contributed by atoms with E-state index in [-0.39, 0.29) is 6.61 Å². The summed E-state index contributed by atoms with van der Waals surface area (Å²) in [5.74, 6) is -0.483. The number of ether oxygens (including phenoxy) is 2. The third-order valence-electron chi connectivity index (χ3n) is 2.71. The average molecular weight is 272 g/mol. The van der Waals surface area contributed by atoms with Crippen molar-refractivity contribution in [3.8, 4) is 0 Å². The van der Waals surface area contributed by atoms with Crippen molar-refractivity contribution >= 4 is 17.6 Å². The summed E-state index contributed by atoms with van der Waals surface area (Å²) in [4.78, 5) is 11.7. The van der Waals surface area contributed by atoms with Crippen molar-refractivity contribution in [3.63, 3.8) is 0 Å². The van der Waals surface area contributed by atoms with E-state index in [1.165, 1.54) is 0 Å². The fraction of sp³-hybridized carbons (Fsp3) is 0.417. The Labute approximate surface area is 109 Å². The highest BCUT2D eigenvalue weighted by atomic mass is 35.5. The van der Waals surface area contributed by atoms with Gasteiger partial charge in [0.25, 0.3) is 0 Å². The summed E-state index contributed by atoms with van der Waals surface area (Å²) in [6.45, 7) is -0.0175. The van der Waals surface area contributed by atoms with Crippen LogP contribution in [0.2, 0.25) is 5.02 Å². The van der Waals surface area contributed by atoms with Crippen LogP contribution in [0.4, 0.5) is 0 Å². The van der Waals surface area contributed by atoms with Crippen LogP contribution in [0.15, 0.2) is 24.3 Å². The first-order chi connectivity index (χ1) is 8.56. The molecule has 2 rings (SSSR count). The quantitative estimate of drug-likeness (QED) is 0.800. The summed E-state index contributed by atoms with van der Waals surface area (Å²) >= 11 is 5.71. The van der Waals surface area contributed by atoms with Gasteiger partial charge in [-0.25, -0.2) is 4.79 Å². The molecule has 1 aromatic carbocycles. The molecule has 18 heavy (non-hydrogen) atoms. The van der Waals surface area contributed by atoms with Crippen molar-refractivity contribution in [3.05, 3.63) is 34.9 Å². The van der Waals surface area contributed by atoms with Gasteiger partial charge in [-0.3, -0.25) is 0 Å². The molecule has 0 saturated carbocycles. The number of benzene rings is 1. The van der Waals surface area contributed by atoms with Crippen LogP contribution in [-0.2, 0) is 9.47 Å². The van der Waals surface area contributed by atoms with E-state index in [1.807, 2.05) is 0 Å². The zero-order valence-electron chi connectivity index (χ0n) is 9.58. The van der Waals surface area contributed by atoms with Crippen LogP contribution in [0.1, 0.15) is 16.8 Å². The fourth-order valence-electron chi connectivity index (χ4n) is 1.74. The largest absolute Gasteiger partial charge is 0.459 e. The predicted molar refractivity (Wildman–Crippen MR) is 65.2 cm³/mol. The molecule has 0 aromatic heterocycles. The van der Waals surface area contributed by atoms with E-state index in [1.54, 1.807) is 24.3 Å². The first-order valence-corrected chi connectivity index (χ1v) is 5.96. The number of hydrogen-bond acceptors (Lipinski definition) is 5. The molecule has 1 saturated heterocycles. The van der Waals surface area contributed by atoms with Crippen molar-refractivity contribution in [2.75, 3.05) is 6.61 Å². The molecule has 0 spiro atoms. The predicted octanol–water partition coefficient (Wildman–Crippen LogP) is 0.931. The molecule has 0 unspecified atom stereocenters. The summed E-state index contributed by atoms with van der Waals surface area (Å²) < 4.78 is 10.3. The zero-order valence-corrected chi connectivity index (χ0v) is 10.3. The number of carbonyl (C=O) groups is 1. The second kappa shape index (κ2) is 5.67. The summed E-state index contributed by atoms with van der Waals surface area (Å²) in [5.41, 5.74) is 5.91. The Morgan fingerprint density at radius 2 is 2.17 bits per heavy atom. The minimum absolute atomic E-state index is 0.0175. The molecule has 0 aliphatic carbocycles. The van der Waals surface area contributed by atoms with Gasteiger partial charge in [0.2, 0.25) is 0 Å². The van der Waals surface area contributed by atoms with Crippen LogP contribution < -0.4 is 5.73 Å². The van der Waals surface area contributed by atoms with Crippen LogP contribution >= 0.6 is 11.6 Å². The van der Waals surface area contributed by atoms with E-state index in [0.717, 1.165) is 0 Å². The van der Waals surface area contributed by atoms with E-state index < -0.39 is 24.4 Å². The third kappa shape index (κ3) is 3.20. The molecule has 1 aliphatic heterocycles. The molecule has 5 nitrogen and oxygen atoms in total. The highest BCUT2D eigenvalue weighted by Gasteiger charge is 2.32. The molecule has 1 fully saturated rings. The number of rotatable bonds is 3. The Kier molecular flexibility index (Phi) is 4.19. The van der Waals surface area contributed by atoms with Crippen LogP contribution in [0.3, 0.4) is 0 Å². The second-order valence-corrected chi connectivity index (χ2v) is 4.56. The molecule has 1 heterocycles. The Balaban J connectivity index is 1.87. The first-order valence-electron chi connectivity index (χ1n) is 5.58. The summed E-state index contributed by atoms with van der Waals surface area (Å²) in [6, 6.07) is 6.36. The molecule has 3 atom stereocenters. The molecule has 0 amide bonds. The van der Waals surface area contributed by atoms with Gasteiger partial charge in [-0.2, -0.15) is 0 Å². The lowest BCUT2D eigenvalue weighted by Gasteiger charge is -2.14. The Morgan fingerprint density at radius 1 is 1.50 bits per heavy atom. The maximum atomic E-state index is 11.7. The van der Waals surface area contributed by atoms with Crippen molar-refractivity contribution in [2.45, 2.75) is 24.9 Å². The van der Waals surface area contributed by atoms with E-state index in [9.17, 15) is 9.90 Å². The Bertz CT molecular complexity index is 423. The van der Waals surface area contributed by atoms with Gasteiger partial charge in [-0.05, 0) is 24.3 Å². The van der Waals surface area contributed by atoms with Crippen molar-refractivity contribution in [2.24, 2.45) is 5.73 Å². The number of aliphatic hydroxyl groups is 1. The van der Waals surface area contributed by atoms with Gasteiger partial charge in [0.15, 0.2) is 0 Å². The minimum atomic E-state index is -0.696. The SMILES string of the molecule is N[C@H]1C[C@@H](O)[C@@H](COC(=O)c2ccc(Cl)cc2)O1. The molecule has 1 aromatic rings. The first kappa shape index (κ1) is 13.3. The topological polar surface area (TPSA) is 81.8 Å². The standard InChI is InChI=1S/C12H14ClNO4/c13-8-3-1-7(2-4-8)12(16)17-6-10-9(15)5-11(14)18-10/h1-4,9-11,15H,5-6,14H2/t9-,10-,11-/m1/s1. The fourth-order valence-corrected chi connectivity index (χ4v) is 1.86. The highest BCUT2D eigenvalue weighted by Crippen LogP contribution is 2.18. The molecular formula is C12H14ClNO4. The van der Waals surface area contributed by atoms with Gasteiger partial charge >= 0.3 is 5.97 Å². The number of halogens is 1. The van der Waals surface area contributed by atoms with Crippen LogP contribution in [-0.4, -0.2) is 36.1 Å². The molecule has 3 N–H and O–H groups in total. The third-order valence-corrected chi connectivity index (χ3v) is 2.96. The van der Waals surface area contributed by atoms with Crippen LogP contribution in [0, 0.1) is 0 Å². The average Bonchev–Trinajstić information content (AvgIpc) is 2.66. The number of nitrogens with two attached hydrogens (primary N) is 1. The second-order valence-electron chi connectivity index (χ2n) is 4.12. The number of aliphatic hydroxyl groups excluding tert-OH is 1. The Morgan fingerprint density at radius 3 is 2.72 bits per heavy atom. The van der Waals surface area contributed by atoms with Crippen molar-refractivity contribution in [1.29, 1.82) is 0 Å². The van der Waals surface area contributed by atoms with Crippen molar-refractivity contribution in [1.82, 2.24) is 0 Å². The van der Waals surface area contributed by atoms with Crippen LogP contribution in [0.25, 0.3) is 0 Å². The minimum Gasteiger partial charge on any atom is -0.459 e. The molecule has 98 valence electrons. The summed E-state index contributed by atoms with van der Waals surface area (Å²) in [6.07, 6.45) is -1.41. The smallest absolute Gasteiger partial charge is 0.338 e. The maximum Gasteiger partial charge on any atom is 0.338 e. The van der Waals surface area contributed by atoms with Gasteiger partial charge in [0.05, 0.1) is 11.7 Å². The Hall–Kier alpha value is -1.14.